The van der Waals surface area contributed by atoms with Gasteiger partial charge < -0.3 is 10.3 Å². The van der Waals surface area contributed by atoms with Gasteiger partial charge in [-0.25, -0.2) is 14.4 Å². The molecule has 6 aromatic heterocycles. The van der Waals surface area contributed by atoms with E-state index in [1.807, 2.05) is 12.1 Å². The van der Waals surface area contributed by atoms with Gasteiger partial charge >= 0.3 is 0 Å². The quantitative estimate of drug-likeness (QED) is 0.198. The number of carbonyl (C=O) groups is 2. The van der Waals surface area contributed by atoms with E-state index in [1.54, 1.807) is 48.7 Å². The van der Waals surface area contributed by atoms with Crippen molar-refractivity contribution in [3.63, 3.8) is 0 Å². The zero-order valence-corrected chi connectivity index (χ0v) is 22.7. The van der Waals surface area contributed by atoms with Crippen LogP contribution >= 0.6 is 11.3 Å². The van der Waals surface area contributed by atoms with Crippen LogP contribution in [0.1, 0.15) is 27.0 Å². The number of nitrogens with one attached hydrogen (secondary N) is 3. The molecule has 0 radical (unpaired) electrons. The molecule has 12 heteroatoms. The highest BCUT2D eigenvalue weighted by atomic mass is 32.1. The SMILES string of the molecule is CC(=O)c1ccc(-c2nccc3[nH]c(-c4n[nH]c5ncc(-c6cncc(NC(=O)c7ccccc7)c6)c(F)c45)nc23)s1. The van der Waals surface area contributed by atoms with Crippen LogP contribution in [-0.4, -0.2) is 46.8 Å². The molecule has 204 valence electrons. The number of amides is 1. The minimum atomic E-state index is -0.569. The molecule has 10 nitrogen and oxygen atoms in total. The molecule has 0 unspecified atom stereocenters. The number of benzene rings is 1. The number of H-pyrrole nitrogens is 2. The maximum absolute atomic E-state index is 16.2. The molecule has 0 aliphatic carbocycles. The molecule has 0 atom stereocenters. The lowest BCUT2D eigenvalue weighted by atomic mass is 10.1. The smallest absolute Gasteiger partial charge is 0.255 e. The van der Waals surface area contributed by atoms with Gasteiger partial charge in [0.2, 0.25) is 0 Å². The zero-order chi connectivity index (χ0) is 28.8. The van der Waals surface area contributed by atoms with Crippen LogP contribution in [0.4, 0.5) is 10.1 Å². The molecule has 0 aliphatic rings. The average molecular weight is 575 g/mol. The molecular formula is C30H19FN8O2S. The van der Waals surface area contributed by atoms with Gasteiger partial charge in [-0.05, 0) is 43.3 Å². The lowest BCUT2D eigenvalue weighted by molar-refractivity contribution is 0.101. The van der Waals surface area contributed by atoms with Crippen molar-refractivity contribution in [2.24, 2.45) is 0 Å². The van der Waals surface area contributed by atoms with Crippen molar-refractivity contribution in [3.05, 3.63) is 95.6 Å². The van der Waals surface area contributed by atoms with E-state index in [0.717, 1.165) is 4.88 Å². The van der Waals surface area contributed by atoms with Crippen LogP contribution in [0.2, 0.25) is 0 Å². The number of anilines is 1. The summed E-state index contributed by atoms with van der Waals surface area (Å²) in [5.74, 6) is -0.573. The van der Waals surface area contributed by atoms with E-state index in [2.05, 4.69) is 35.5 Å². The number of halogens is 1. The highest BCUT2D eigenvalue weighted by Gasteiger charge is 2.22. The maximum Gasteiger partial charge on any atom is 0.255 e. The highest BCUT2D eigenvalue weighted by molar-refractivity contribution is 7.17. The largest absolute Gasteiger partial charge is 0.336 e. The average Bonchev–Trinajstić information content (AvgIpc) is 3.76. The molecule has 42 heavy (non-hydrogen) atoms. The van der Waals surface area contributed by atoms with Crippen LogP contribution in [-0.2, 0) is 0 Å². The van der Waals surface area contributed by atoms with Crippen LogP contribution in [0.3, 0.4) is 0 Å². The molecule has 1 aromatic carbocycles. The predicted molar refractivity (Wildman–Crippen MR) is 158 cm³/mol. The van der Waals surface area contributed by atoms with E-state index >= 15 is 4.39 Å². The Hall–Kier alpha value is -5.62. The van der Waals surface area contributed by atoms with Gasteiger partial charge in [-0.3, -0.25) is 24.7 Å². The maximum atomic E-state index is 16.2. The molecule has 0 spiro atoms. The number of rotatable bonds is 6. The standard InChI is InChI=1S/C30H19FN8O2S/c1-15(40)21-7-8-22(42-21)26-25-20(9-10-33-26)36-29(37-25)27-23-24(31)19(14-34-28(23)39-38-27)17-11-18(13-32-12-17)35-30(41)16-5-3-2-4-6-16/h2-14H,1H3,(H,35,41)(H,36,37)(H,34,38,39). The summed E-state index contributed by atoms with van der Waals surface area (Å²) in [6, 6.07) is 15.8. The van der Waals surface area contributed by atoms with Gasteiger partial charge in [0.25, 0.3) is 5.91 Å². The fourth-order valence-corrected chi connectivity index (χ4v) is 5.56. The van der Waals surface area contributed by atoms with Crippen LogP contribution in [0, 0.1) is 5.82 Å². The van der Waals surface area contributed by atoms with E-state index in [4.69, 9.17) is 4.98 Å². The van der Waals surface area contributed by atoms with E-state index in [9.17, 15) is 9.59 Å². The number of thiophene rings is 1. The van der Waals surface area contributed by atoms with Gasteiger partial charge in [0.1, 0.15) is 22.7 Å². The van der Waals surface area contributed by atoms with Crippen LogP contribution in [0.25, 0.3) is 55.3 Å². The van der Waals surface area contributed by atoms with Crippen LogP contribution in [0.15, 0.2) is 79.4 Å². The third-order valence-electron chi connectivity index (χ3n) is 6.68. The first-order valence-electron chi connectivity index (χ1n) is 12.8. The topological polar surface area (TPSA) is 142 Å². The third-order valence-corrected chi connectivity index (χ3v) is 7.87. The summed E-state index contributed by atoms with van der Waals surface area (Å²) in [6.45, 7) is 1.52. The zero-order valence-electron chi connectivity index (χ0n) is 21.8. The minimum absolute atomic E-state index is 0.0257. The Kier molecular flexibility index (Phi) is 6.09. The van der Waals surface area contributed by atoms with Crippen LogP contribution in [0.5, 0.6) is 0 Å². The number of nitrogens with zero attached hydrogens (tertiary/aromatic N) is 5. The fraction of sp³-hybridized carbons (Fsp3) is 0.0333. The summed E-state index contributed by atoms with van der Waals surface area (Å²) in [6.07, 6.45) is 6.03. The van der Waals surface area contributed by atoms with Crippen molar-refractivity contribution in [2.75, 3.05) is 5.32 Å². The summed E-state index contributed by atoms with van der Waals surface area (Å²) in [5.41, 5.74) is 3.85. The molecule has 7 rings (SSSR count). The number of ketones is 1. The van der Waals surface area contributed by atoms with Crippen molar-refractivity contribution < 1.29 is 14.0 Å². The number of imidazole rings is 1. The van der Waals surface area contributed by atoms with Crippen molar-refractivity contribution in [1.29, 1.82) is 0 Å². The van der Waals surface area contributed by atoms with E-state index in [0.29, 0.717) is 44.2 Å². The summed E-state index contributed by atoms with van der Waals surface area (Å²) in [4.78, 5) is 46.9. The molecule has 7 aromatic rings. The van der Waals surface area contributed by atoms with Crippen molar-refractivity contribution in [1.82, 2.24) is 35.1 Å². The first-order chi connectivity index (χ1) is 20.5. The Labute approximate surface area is 240 Å². The molecule has 3 N–H and O–H groups in total. The number of carbonyl (C=O) groups excluding carboxylic acids is 2. The normalized spacial score (nSPS) is 11.3. The van der Waals surface area contributed by atoms with Gasteiger partial charge in [0.05, 0.1) is 32.5 Å². The Balaban J connectivity index is 1.27. The molecule has 0 bridgehead atoms. The van der Waals surface area contributed by atoms with Gasteiger partial charge in [-0.15, -0.1) is 11.3 Å². The molecule has 1 amide bonds. The number of hydrogen-bond donors (Lipinski definition) is 3. The Morgan fingerprint density at radius 1 is 0.976 bits per heavy atom. The summed E-state index contributed by atoms with van der Waals surface area (Å²) >= 11 is 1.33. The molecule has 0 aliphatic heterocycles. The number of aromatic nitrogens is 7. The van der Waals surface area contributed by atoms with Crippen molar-refractivity contribution >= 4 is 50.8 Å². The first-order valence-corrected chi connectivity index (χ1v) is 13.6. The third kappa shape index (κ3) is 4.39. The first kappa shape index (κ1) is 25.4. The lowest BCUT2D eigenvalue weighted by Crippen LogP contribution is -2.11. The second-order valence-corrected chi connectivity index (χ2v) is 10.5. The van der Waals surface area contributed by atoms with Crippen molar-refractivity contribution in [2.45, 2.75) is 6.92 Å². The van der Waals surface area contributed by atoms with Crippen molar-refractivity contribution in [3.8, 4) is 33.2 Å². The Morgan fingerprint density at radius 3 is 2.64 bits per heavy atom. The van der Waals surface area contributed by atoms with E-state index in [1.165, 1.54) is 36.9 Å². The fourth-order valence-electron chi connectivity index (χ4n) is 4.66. The van der Waals surface area contributed by atoms with E-state index in [-0.39, 0.29) is 34.0 Å². The lowest BCUT2D eigenvalue weighted by Gasteiger charge is -2.08. The van der Waals surface area contributed by atoms with Gasteiger partial charge in [0.15, 0.2) is 17.3 Å². The van der Waals surface area contributed by atoms with E-state index < -0.39 is 5.82 Å². The van der Waals surface area contributed by atoms with Gasteiger partial charge in [0, 0.05) is 35.3 Å². The molecule has 0 fully saturated rings. The van der Waals surface area contributed by atoms with Gasteiger partial charge in [-0.1, -0.05) is 18.2 Å². The Morgan fingerprint density at radius 2 is 1.83 bits per heavy atom. The molecular weight excluding hydrogens is 555 g/mol. The van der Waals surface area contributed by atoms with Crippen LogP contribution < -0.4 is 5.32 Å². The Bertz CT molecular complexity index is 2150. The number of pyridine rings is 3. The second-order valence-electron chi connectivity index (χ2n) is 9.43. The number of aromatic amines is 2. The predicted octanol–water partition coefficient (Wildman–Crippen LogP) is 6.28. The molecule has 6 heterocycles. The summed E-state index contributed by atoms with van der Waals surface area (Å²) in [7, 11) is 0. The molecule has 0 saturated carbocycles. The number of fused-ring (bicyclic) bond motifs is 2. The molecule has 0 saturated heterocycles. The number of Topliss-reactive ketones (excluding diaryl/α,β-unsaturated/α-hetero) is 1. The number of hydrogen-bond acceptors (Lipinski definition) is 8. The van der Waals surface area contributed by atoms with Gasteiger partial charge in [-0.2, -0.15) is 5.10 Å². The monoisotopic (exact) mass is 574 g/mol. The second kappa shape index (κ2) is 10.1. The summed E-state index contributed by atoms with van der Waals surface area (Å²) in [5, 5.41) is 10.0. The highest BCUT2D eigenvalue weighted by Crippen LogP contribution is 2.36. The minimum Gasteiger partial charge on any atom is -0.336 e. The summed E-state index contributed by atoms with van der Waals surface area (Å²) < 4.78 is 16.2.